The number of esters is 1. The van der Waals surface area contributed by atoms with E-state index in [4.69, 9.17) is 4.74 Å². The van der Waals surface area contributed by atoms with Crippen LogP contribution in [0.15, 0.2) is 34.8 Å². The summed E-state index contributed by atoms with van der Waals surface area (Å²) in [7, 11) is 0. The van der Waals surface area contributed by atoms with Gasteiger partial charge in [0.1, 0.15) is 11.4 Å². The highest BCUT2D eigenvalue weighted by Crippen LogP contribution is 2.21. The molecule has 0 aliphatic carbocycles. The summed E-state index contributed by atoms with van der Waals surface area (Å²) in [5, 5.41) is 2.73. The van der Waals surface area contributed by atoms with E-state index < -0.39 is 17.5 Å². The van der Waals surface area contributed by atoms with E-state index in [9.17, 15) is 9.59 Å². The lowest BCUT2D eigenvalue weighted by Gasteiger charge is -2.20. The molecular weight excluding hydrogens is 384 g/mol. The first-order valence-electron chi connectivity index (χ1n) is 7.85. The summed E-state index contributed by atoms with van der Waals surface area (Å²) in [5.74, 6) is -0.528. The van der Waals surface area contributed by atoms with E-state index in [1.54, 1.807) is 45.0 Å². The lowest BCUT2D eigenvalue weighted by molar-refractivity contribution is 0.00678. The van der Waals surface area contributed by atoms with E-state index in [2.05, 4.69) is 26.2 Å². The SMILES string of the molecule is Cc1ccc(NC(=O)c2cc(Br)ccc2C(=O)OC(C)(C)C)nc1C. The number of amides is 1. The predicted molar refractivity (Wildman–Crippen MR) is 101 cm³/mol. The van der Waals surface area contributed by atoms with Crippen LogP contribution in [-0.2, 0) is 4.74 Å². The highest BCUT2D eigenvalue weighted by atomic mass is 79.9. The van der Waals surface area contributed by atoms with Gasteiger partial charge in [0.05, 0.1) is 11.1 Å². The first-order valence-corrected chi connectivity index (χ1v) is 8.64. The molecule has 0 bridgehead atoms. The smallest absolute Gasteiger partial charge is 0.339 e. The molecule has 0 saturated carbocycles. The summed E-state index contributed by atoms with van der Waals surface area (Å²) >= 11 is 3.33. The van der Waals surface area contributed by atoms with E-state index in [-0.39, 0.29) is 11.1 Å². The number of hydrogen-bond donors (Lipinski definition) is 1. The molecule has 0 saturated heterocycles. The number of ether oxygens (including phenoxy) is 1. The first kappa shape index (κ1) is 19.1. The number of aromatic nitrogens is 1. The maximum Gasteiger partial charge on any atom is 0.339 e. The minimum Gasteiger partial charge on any atom is -0.456 e. The predicted octanol–water partition coefficient (Wildman–Crippen LogP) is 4.67. The second kappa shape index (κ2) is 7.35. The van der Waals surface area contributed by atoms with Crippen molar-refractivity contribution in [3.05, 3.63) is 57.2 Å². The number of aryl methyl sites for hydroxylation is 2. The Morgan fingerprint density at radius 1 is 1.08 bits per heavy atom. The molecule has 2 aromatic rings. The van der Waals surface area contributed by atoms with E-state index in [0.717, 1.165) is 11.3 Å². The summed E-state index contributed by atoms with van der Waals surface area (Å²) in [5.41, 5.74) is 1.66. The number of benzene rings is 1. The minimum absolute atomic E-state index is 0.208. The van der Waals surface area contributed by atoms with Gasteiger partial charge in [-0.3, -0.25) is 4.79 Å². The Hall–Kier alpha value is -2.21. The Bertz CT molecular complexity index is 826. The Labute approximate surface area is 155 Å². The Morgan fingerprint density at radius 2 is 1.76 bits per heavy atom. The second-order valence-electron chi connectivity index (χ2n) is 6.74. The number of carbonyl (C=O) groups is 2. The third kappa shape index (κ3) is 5.13. The fourth-order valence-corrected chi connectivity index (χ4v) is 2.46. The normalized spacial score (nSPS) is 11.1. The minimum atomic E-state index is -0.645. The molecular formula is C19H21BrN2O3. The molecule has 132 valence electrons. The fourth-order valence-electron chi connectivity index (χ4n) is 2.10. The zero-order valence-electron chi connectivity index (χ0n) is 14.9. The molecule has 0 aliphatic rings. The van der Waals surface area contributed by atoms with Crippen LogP contribution in [-0.4, -0.2) is 22.5 Å². The molecule has 0 atom stereocenters. The largest absolute Gasteiger partial charge is 0.456 e. The Kier molecular flexibility index (Phi) is 5.62. The molecule has 0 spiro atoms. The molecule has 1 aromatic carbocycles. The molecule has 0 fully saturated rings. The van der Waals surface area contributed by atoms with Crippen LogP contribution in [0.25, 0.3) is 0 Å². The number of nitrogens with zero attached hydrogens (tertiary/aromatic N) is 1. The monoisotopic (exact) mass is 404 g/mol. The van der Waals surface area contributed by atoms with Crippen LogP contribution >= 0.6 is 15.9 Å². The molecule has 1 heterocycles. The van der Waals surface area contributed by atoms with Crippen LogP contribution in [0.4, 0.5) is 5.82 Å². The molecule has 1 amide bonds. The van der Waals surface area contributed by atoms with Crippen LogP contribution in [0.3, 0.4) is 0 Å². The zero-order chi connectivity index (χ0) is 18.8. The van der Waals surface area contributed by atoms with E-state index in [1.807, 2.05) is 19.9 Å². The van der Waals surface area contributed by atoms with Gasteiger partial charge >= 0.3 is 5.97 Å². The van der Waals surface area contributed by atoms with Gasteiger partial charge in [0.15, 0.2) is 0 Å². The average molecular weight is 405 g/mol. The highest BCUT2D eigenvalue weighted by molar-refractivity contribution is 9.10. The van der Waals surface area contributed by atoms with Crippen molar-refractivity contribution in [2.24, 2.45) is 0 Å². The standard InChI is InChI=1S/C19H21BrN2O3/c1-11-6-9-16(21-12(11)2)22-17(23)15-10-13(20)7-8-14(15)18(24)25-19(3,4)5/h6-10H,1-5H3,(H,21,22,23). The molecule has 25 heavy (non-hydrogen) atoms. The summed E-state index contributed by atoms with van der Waals surface area (Å²) in [4.78, 5) is 29.4. The first-order chi connectivity index (χ1) is 11.6. The number of nitrogens with one attached hydrogen (secondary N) is 1. The van der Waals surface area contributed by atoms with Crippen molar-refractivity contribution in [1.29, 1.82) is 0 Å². The zero-order valence-corrected chi connectivity index (χ0v) is 16.5. The van der Waals surface area contributed by atoms with Gasteiger partial charge in [0.2, 0.25) is 0 Å². The van der Waals surface area contributed by atoms with Gasteiger partial charge in [0.25, 0.3) is 5.91 Å². The quantitative estimate of drug-likeness (QED) is 0.754. The lowest BCUT2D eigenvalue weighted by Crippen LogP contribution is -2.26. The van der Waals surface area contributed by atoms with Crippen molar-refractivity contribution in [1.82, 2.24) is 4.98 Å². The number of hydrogen-bond acceptors (Lipinski definition) is 4. The van der Waals surface area contributed by atoms with Crippen molar-refractivity contribution in [2.75, 3.05) is 5.32 Å². The van der Waals surface area contributed by atoms with E-state index in [0.29, 0.717) is 10.3 Å². The molecule has 0 aliphatic heterocycles. The maximum absolute atomic E-state index is 12.7. The maximum atomic E-state index is 12.7. The third-order valence-corrected chi connectivity index (χ3v) is 3.93. The summed E-state index contributed by atoms with van der Waals surface area (Å²) < 4.78 is 6.08. The number of halogens is 1. The Balaban J connectivity index is 2.33. The summed E-state index contributed by atoms with van der Waals surface area (Å²) in [6.07, 6.45) is 0. The van der Waals surface area contributed by atoms with Gasteiger partial charge in [-0.1, -0.05) is 22.0 Å². The third-order valence-electron chi connectivity index (χ3n) is 3.44. The number of carbonyl (C=O) groups excluding carboxylic acids is 2. The number of rotatable bonds is 3. The molecule has 1 N–H and O–H groups in total. The molecule has 2 rings (SSSR count). The molecule has 0 unspecified atom stereocenters. The van der Waals surface area contributed by atoms with E-state index in [1.165, 1.54) is 0 Å². The van der Waals surface area contributed by atoms with Crippen molar-refractivity contribution in [2.45, 2.75) is 40.2 Å². The molecule has 6 heteroatoms. The van der Waals surface area contributed by atoms with Crippen molar-refractivity contribution < 1.29 is 14.3 Å². The van der Waals surface area contributed by atoms with Gasteiger partial charge < -0.3 is 10.1 Å². The lowest BCUT2D eigenvalue weighted by atomic mass is 10.1. The van der Waals surface area contributed by atoms with Gasteiger partial charge in [-0.05, 0) is 64.4 Å². The van der Waals surface area contributed by atoms with Crippen LogP contribution in [0.2, 0.25) is 0 Å². The number of pyridine rings is 1. The van der Waals surface area contributed by atoms with E-state index >= 15 is 0 Å². The molecule has 1 aromatic heterocycles. The van der Waals surface area contributed by atoms with Gasteiger partial charge in [-0.2, -0.15) is 0 Å². The van der Waals surface area contributed by atoms with Gasteiger partial charge in [0, 0.05) is 10.2 Å². The van der Waals surface area contributed by atoms with Crippen LogP contribution in [0.5, 0.6) is 0 Å². The van der Waals surface area contributed by atoms with Crippen LogP contribution < -0.4 is 5.32 Å². The molecule has 0 radical (unpaired) electrons. The summed E-state index contributed by atoms with van der Waals surface area (Å²) in [6, 6.07) is 8.47. The Morgan fingerprint density at radius 3 is 2.36 bits per heavy atom. The van der Waals surface area contributed by atoms with Gasteiger partial charge in [-0.15, -0.1) is 0 Å². The van der Waals surface area contributed by atoms with Gasteiger partial charge in [-0.25, -0.2) is 9.78 Å². The topological polar surface area (TPSA) is 68.3 Å². The fraction of sp³-hybridized carbons (Fsp3) is 0.316. The summed E-state index contributed by atoms with van der Waals surface area (Å²) in [6.45, 7) is 9.16. The van der Waals surface area contributed by atoms with Crippen LogP contribution in [0.1, 0.15) is 52.7 Å². The van der Waals surface area contributed by atoms with Crippen LogP contribution in [0, 0.1) is 13.8 Å². The second-order valence-corrected chi connectivity index (χ2v) is 7.66. The number of anilines is 1. The average Bonchev–Trinajstić information content (AvgIpc) is 2.49. The molecule has 5 nitrogen and oxygen atoms in total. The van der Waals surface area contributed by atoms with Crippen molar-refractivity contribution in [3.63, 3.8) is 0 Å². The van der Waals surface area contributed by atoms with Crippen molar-refractivity contribution in [3.8, 4) is 0 Å². The highest BCUT2D eigenvalue weighted by Gasteiger charge is 2.23. The van der Waals surface area contributed by atoms with Crippen molar-refractivity contribution >= 4 is 33.6 Å².